The van der Waals surface area contributed by atoms with Crippen LogP contribution in [0.25, 0.3) is 10.1 Å². The summed E-state index contributed by atoms with van der Waals surface area (Å²) >= 11 is 1.35. The molecule has 0 unspecified atom stereocenters. The van der Waals surface area contributed by atoms with Gasteiger partial charge in [0, 0.05) is 16.8 Å². The lowest BCUT2D eigenvalue weighted by Gasteiger charge is -2.38. The highest BCUT2D eigenvalue weighted by atomic mass is 32.1. The average molecular weight is 427 g/mol. The van der Waals surface area contributed by atoms with E-state index in [-0.39, 0.29) is 11.7 Å². The molecule has 2 N–H and O–H groups in total. The highest BCUT2D eigenvalue weighted by Gasteiger charge is 2.38. The van der Waals surface area contributed by atoms with Gasteiger partial charge >= 0.3 is 0 Å². The van der Waals surface area contributed by atoms with Crippen molar-refractivity contribution in [3.63, 3.8) is 0 Å². The molecule has 1 atom stereocenters. The van der Waals surface area contributed by atoms with E-state index < -0.39 is 17.4 Å². The van der Waals surface area contributed by atoms with Crippen molar-refractivity contribution in [2.45, 2.75) is 25.4 Å². The van der Waals surface area contributed by atoms with Gasteiger partial charge in [0.25, 0.3) is 5.91 Å². The maximum absolute atomic E-state index is 13.4. The lowest BCUT2D eigenvalue weighted by atomic mass is 9.83. The van der Waals surface area contributed by atoms with Gasteiger partial charge in [0.2, 0.25) is 5.91 Å². The Bertz CT molecular complexity index is 1110. The zero-order valence-electron chi connectivity index (χ0n) is 16.9. The zero-order chi connectivity index (χ0) is 21.5. The summed E-state index contributed by atoms with van der Waals surface area (Å²) in [6.45, 7) is 4.81. The molecule has 3 aromatic rings. The van der Waals surface area contributed by atoms with Gasteiger partial charge in [-0.2, -0.15) is 0 Å². The van der Waals surface area contributed by atoms with Crippen LogP contribution in [0, 0.1) is 5.82 Å². The van der Waals surface area contributed by atoms with E-state index in [9.17, 15) is 14.0 Å². The van der Waals surface area contributed by atoms with E-state index in [0.717, 1.165) is 21.2 Å². The first-order chi connectivity index (χ1) is 14.3. The Morgan fingerprint density at radius 2 is 1.87 bits per heavy atom. The van der Waals surface area contributed by atoms with Gasteiger partial charge in [-0.05, 0) is 43.0 Å². The summed E-state index contributed by atoms with van der Waals surface area (Å²) in [5, 5.41) is 0.924. The van der Waals surface area contributed by atoms with Gasteiger partial charge in [0.15, 0.2) is 0 Å². The molecule has 1 saturated heterocycles. The van der Waals surface area contributed by atoms with Crippen molar-refractivity contribution in [2.75, 3.05) is 19.7 Å². The average Bonchev–Trinajstić information content (AvgIpc) is 3.13. The molecule has 0 radical (unpaired) electrons. The Hall–Kier alpha value is -2.77. The number of carbonyl (C=O) groups is 2. The highest BCUT2D eigenvalue weighted by Crippen LogP contribution is 2.38. The van der Waals surface area contributed by atoms with Gasteiger partial charge in [-0.3, -0.25) is 9.59 Å². The standard InChI is InChI=1S/C23H23FN2O3S/c1-23(2,14-7-9-15(24)10-8-14)22(28)26-11-12-29-17(13-26)19-16-5-3-4-6-18(16)30-20(19)21(25)27/h3-10,17H,11-13H2,1-2H3,(H2,25,27)/t17-/m0/s1. The van der Waals surface area contributed by atoms with E-state index in [2.05, 4.69) is 0 Å². The molecule has 1 aliphatic heterocycles. The SMILES string of the molecule is CC(C)(C(=O)N1CCO[C@H](c2c(C(N)=O)sc3ccccc23)C1)c1ccc(F)cc1. The van der Waals surface area contributed by atoms with Gasteiger partial charge < -0.3 is 15.4 Å². The topological polar surface area (TPSA) is 72.6 Å². The lowest BCUT2D eigenvalue weighted by Crippen LogP contribution is -2.49. The molecular weight excluding hydrogens is 403 g/mol. The first-order valence-corrected chi connectivity index (χ1v) is 10.6. The third-order valence-corrected chi connectivity index (χ3v) is 6.84. The molecular formula is C23H23FN2O3S. The van der Waals surface area contributed by atoms with Crippen LogP contribution in [-0.4, -0.2) is 36.4 Å². The number of rotatable bonds is 4. The number of benzene rings is 2. The Morgan fingerprint density at radius 3 is 2.57 bits per heavy atom. The smallest absolute Gasteiger partial charge is 0.259 e. The Kier molecular flexibility index (Phi) is 5.34. The second kappa shape index (κ2) is 7.81. The number of carbonyl (C=O) groups excluding carboxylic acids is 2. The molecule has 156 valence electrons. The van der Waals surface area contributed by atoms with Gasteiger partial charge in [-0.1, -0.05) is 30.3 Å². The van der Waals surface area contributed by atoms with E-state index in [1.807, 2.05) is 38.1 Å². The normalized spacial score (nSPS) is 17.3. The summed E-state index contributed by atoms with van der Waals surface area (Å²) in [5.74, 6) is -0.899. The van der Waals surface area contributed by atoms with Crippen molar-refractivity contribution in [1.82, 2.24) is 4.90 Å². The molecule has 0 bridgehead atoms. The number of ether oxygens (including phenoxy) is 1. The predicted molar refractivity (Wildman–Crippen MR) is 115 cm³/mol. The van der Waals surface area contributed by atoms with Crippen LogP contribution in [0.5, 0.6) is 0 Å². The fourth-order valence-electron chi connectivity index (χ4n) is 3.96. The number of hydrogen-bond donors (Lipinski definition) is 1. The second-order valence-corrected chi connectivity index (χ2v) is 9.00. The summed E-state index contributed by atoms with van der Waals surface area (Å²) in [6.07, 6.45) is -0.439. The molecule has 1 fully saturated rings. The van der Waals surface area contributed by atoms with Gasteiger partial charge in [-0.25, -0.2) is 4.39 Å². The molecule has 1 aromatic heterocycles. The molecule has 0 saturated carbocycles. The maximum Gasteiger partial charge on any atom is 0.259 e. The summed E-state index contributed by atoms with van der Waals surface area (Å²) in [6, 6.07) is 13.7. The molecule has 0 aliphatic carbocycles. The van der Waals surface area contributed by atoms with Crippen molar-refractivity contribution in [2.24, 2.45) is 5.73 Å². The van der Waals surface area contributed by atoms with Crippen LogP contribution in [0.1, 0.15) is 40.8 Å². The Labute approximate surface area is 178 Å². The molecule has 0 spiro atoms. The number of hydrogen-bond acceptors (Lipinski definition) is 4. The number of morpholine rings is 1. The van der Waals surface area contributed by atoms with E-state index in [1.54, 1.807) is 17.0 Å². The van der Waals surface area contributed by atoms with Crippen molar-refractivity contribution >= 4 is 33.2 Å². The van der Waals surface area contributed by atoms with Crippen molar-refractivity contribution in [1.29, 1.82) is 0 Å². The summed E-state index contributed by atoms with van der Waals surface area (Å²) in [5.41, 5.74) is 6.32. The first kappa shape index (κ1) is 20.5. The third kappa shape index (κ3) is 3.59. The minimum Gasteiger partial charge on any atom is -0.370 e. The Morgan fingerprint density at radius 1 is 1.17 bits per heavy atom. The molecule has 2 heterocycles. The van der Waals surface area contributed by atoms with Crippen LogP contribution < -0.4 is 5.73 Å². The van der Waals surface area contributed by atoms with Crippen LogP contribution in [0.15, 0.2) is 48.5 Å². The molecule has 5 nitrogen and oxygen atoms in total. The van der Waals surface area contributed by atoms with E-state index in [4.69, 9.17) is 10.5 Å². The first-order valence-electron chi connectivity index (χ1n) is 9.77. The number of halogens is 1. The predicted octanol–water partition coefficient (Wildman–Crippen LogP) is 4.02. The number of amides is 2. The minimum absolute atomic E-state index is 0.0671. The quantitative estimate of drug-likeness (QED) is 0.685. The summed E-state index contributed by atoms with van der Waals surface area (Å²) < 4.78 is 20.3. The van der Waals surface area contributed by atoms with E-state index in [1.165, 1.54) is 23.5 Å². The fraction of sp³-hybridized carbons (Fsp3) is 0.304. The number of nitrogens with zero attached hydrogens (tertiary/aromatic N) is 1. The van der Waals surface area contributed by atoms with Crippen LogP contribution >= 0.6 is 11.3 Å². The third-order valence-electron chi connectivity index (χ3n) is 5.63. The Balaban J connectivity index is 1.65. The molecule has 7 heteroatoms. The number of primary amides is 1. The van der Waals surface area contributed by atoms with Crippen molar-refractivity contribution in [3.05, 3.63) is 70.4 Å². The van der Waals surface area contributed by atoms with Crippen LogP contribution in [0.4, 0.5) is 4.39 Å². The number of thiophene rings is 1. The minimum atomic E-state index is -0.821. The van der Waals surface area contributed by atoms with E-state index >= 15 is 0 Å². The van der Waals surface area contributed by atoms with Crippen LogP contribution in [-0.2, 0) is 14.9 Å². The van der Waals surface area contributed by atoms with Gasteiger partial charge in [-0.15, -0.1) is 11.3 Å². The molecule has 2 amide bonds. The van der Waals surface area contributed by atoms with Crippen molar-refractivity contribution in [3.8, 4) is 0 Å². The molecule has 4 rings (SSSR count). The second-order valence-electron chi connectivity index (χ2n) is 7.95. The summed E-state index contributed by atoms with van der Waals surface area (Å²) in [7, 11) is 0. The zero-order valence-corrected chi connectivity index (χ0v) is 17.7. The molecule has 30 heavy (non-hydrogen) atoms. The fourth-order valence-corrected chi connectivity index (χ4v) is 5.07. The number of fused-ring (bicyclic) bond motifs is 1. The van der Waals surface area contributed by atoms with Crippen LogP contribution in [0.2, 0.25) is 0 Å². The monoisotopic (exact) mass is 426 g/mol. The van der Waals surface area contributed by atoms with Gasteiger partial charge in [0.05, 0.1) is 23.4 Å². The largest absolute Gasteiger partial charge is 0.370 e. The maximum atomic E-state index is 13.4. The number of nitrogens with two attached hydrogens (primary N) is 1. The van der Waals surface area contributed by atoms with E-state index in [0.29, 0.717) is 24.6 Å². The molecule has 2 aromatic carbocycles. The van der Waals surface area contributed by atoms with Crippen LogP contribution in [0.3, 0.4) is 0 Å². The highest BCUT2D eigenvalue weighted by molar-refractivity contribution is 7.21. The van der Waals surface area contributed by atoms with Crippen molar-refractivity contribution < 1.29 is 18.7 Å². The summed E-state index contributed by atoms with van der Waals surface area (Å²) in [4.78, 5) is 27.7. The molecule has 1 aliphatic rings. The van der Waals surface area contributed by atoms with Gasteiger partial charge in [0.1, 0.15) is 11.9 Å². The lowest BCUT2D eigenvalue weighted by molar-refractivity contribution is -0.144.